The highest BCUT2D eigenvalue weighted by Gasteiger charge is 2.08. The summed E-state index contributed by atoms with van der Waals surface area (Å²) in [7, 11) is 0. The van der Waals surface area contributed by atoms with Crippen LogP contribution in [0.2, 0.25) is 5.02 Å². The quantitative estimate of drug-likeness (QED) is 0.795. The summed E-state index contributed by atoms with van der Waals surface area (Å²) in [4.78, 5) is 4.39. The molecular weight excluding hydrogens is 260 g/mol. The van der Waals surface area contributed by atoms with E-state index in [-0.39, 0.29) is 6.61 Å². The van der Waals surface area contributed by atoms with Crippen molar-refractivity contribution in [3.8, 4) is 0 Å². The molecule has 0 saturated heterocycles. The fourth-order valence-corrected chi connectivity index (χ4v) is 2.35. The van der Waals surface area contributed by atoms with E-state index in [4.69, 9.17) is 11.6 Å². The van der Waals surface area contributed by atoms with Gasteiger partial charge in [-0.05, 0) is 29.8 Å². The first-order chi connectivity index (χ1) is 9.28. The lowest BCUT2D eigenvalue weighted by molar-refractivity contribution is 0.283. The summed E-state index contributed by atoms with van der Waals surface area (Å²) in [5.74, 6) is 0. The number of benzene rings is 1. The monoisotopic (exact) mass is 272 g/mol. The number of nitrogens with zero attached hydrogens (tertiary/aromatic N) is 2. The summed E-state index contributed by atoms with van der Waals surface area (Å²) in [5.41, 5.74) is 2.94. The molecule has 1 N–H and O–H groups in total. The predicted molar refractivity (Wildman–Crippen MR) is 76.2 cm³/mol. The first-order valence-corrected chi connectivity index (χ1v) is 6.44. The normalized spacial score (nSPS) is 11.1. The third-order valence-corrected chi connectivity index (χ3v) is 3.40. The highest BCUT2D eigenvalue weighted by molar-refractivity contribution is 6.30. The Balaban J connectivity index is 2.03. The van der Waals surface area contributed by atoms with Crippen molar-refractivity contribution in [2.45, 2.75) is 13.2 Å². The van der Waals surface area contributed by atoms with Gasteiger partial charge in [0.05, 0.1) is 6.61 Å². The number of fused-ring (bicyclic) bond motifs is 1. The van der Waals surface area contributed by atoms with E-state index in [0.29, 0.717) is 6.54 Å². The van der Waals surface area contributed by atoms with Crippen LogP contribution in [-0.4, -0.2) is 14.7 Å². The maximum absolute atomic E-state index is 9.39. The largest absolute Gasteiger partial charge is 0.392 e. The van der Waals surface area contributed by atoms with Gasteiger partial charge in [0.1, 0.15) is 5.65 Å². The highest BCUT2D eigenvalue weighted by atomic mass is 35.5. The molecule has 3 nitrogen and oxygen atoms in total. The molecule has 0 fully saturated rings. The number of hydrogen-bond donors (Lipinski definition) is 1. The van der Waals surface area contributed by atoms with Crippen LogP contribution >= 0.6 is 11.6 Å². The second-order valence-electron chi connectivity index (χ2n) is 4.44. The Morgan fingerprint density at radius 2 is 1.95 bits per heavy atom. The molecule has 3 aromatic rings. The third-order valence-electron chi connectivity index (χ3n) is 3.15. The van der Waals surface area contributed by atoms with Gasteiger partial charge in [-0.15, -0.1) is 0 Å². The predicted octanol–water partition coefficient (Wildman–Crippen LogP) is 3.23. The second kappa shape index (κ2) is 5.03. The summed E-state index contributed by atoms with van der Waals surface area (Å²) in [6.45, 7) is 0.737. The Morgan fingerprint density at radius 1 is 1.16 bits per heavy atom. The molecule has 2 heterocycles. The van der Waals surface area contributed by atoms with Gasteiger partial charge in [0, 0.05) is 34.9 Å². The molecule has 0 unspecified atom stereocenters. The Hall–Kier alpha value is -1.84. The molecule has 0 aliphatic heterocycles. The summed E-state index contributed by atoms with van der Waals surface area (Å²) in [6.07, 6.45) is 3.72. The van der Waals surface area contributed by atoms with Crippen molar-refractivity contribution in [3.63, 3.8) is 0 Å². The zero-order valence-corrected chi connectivity index (χ0v) is 11.0. The van der Waals surface area contributed by atoms with Gasteiger partial charge in [0.25, 0.3) is 0 Å². The van der Waals surface area contributed by atoms with Crippen molar-refractivity contribution in [1.29, 1.82) is 0 Å². The molecule has 2 aromatic heterocycles. The van der Waals surface area contributed by atoms with E-state index in [2.05, 4.69) is 4.98 Å². The molecule has 3 rings (SSSR count). The van der Waals surface area contributed by atoms with E-state index in [0.717, 1.165) is 27.2 Å². The lowest BCUT2D eigenvalue weighted by Crippen LogP contribution is -1.98. The second-order valence-corrected chi connectivity index (χ2v) is 4.88. The minimum absolute atomic E-state index is 0.0236. The zero-order chi connectivity index (χ0) is 13.2. The lowest BCUT2D eigenvalue weighted by Gasteiger charge is -2.04. The van der Waals surface area contributed by atoms with Crippen LogP contribution in [0.25, 0.3) is 11.0 Å². The third kappa shape index (κ3) is 2.35. The van der Waals surface area contributed by atoms with E-state index in [9.17, 15) is 5.11 Å². The molecule has 0 atom stereocenters. The van der Waals surface area contributed by atoms with E-state index in [1.807, 2.05) is 47.2 Å². The highest BCUT2D eigenvalue weighted by Crippen LogP contribution is 2.21. The van der Waals surface area contributed by atoms with Crippen LogP contribution in [0.4, 0.5) is 0 Å². The van der Waals surface area contributed by atoms with Gasteiger partial charge in [-0.3, -0.25) is 0 Å². The van der Waals surface area contributed by atoms with E-state index < -0.39 is 0 Å². The molecule has 0 aliphatic carbocycles. The summed E-state index contributed by atoms with van der Waals surface area (Å²) in [6, 6.07) is 11.6. The van der Waals surface area contributed by atoms with Crippen molar-refractivity contribution in [1.82, 2.24) is 9.55 Å². The zero-order valence-electron chi connectivity index (χ0n) is 10.3. The smallest absolute Gasteiger partial charge is 0.140 e. The molecule has 0 spiro atoms. The number of halogens is 1. The first kappa shape index (κ1) is 12.2. The maximum Gasteiger partial charge on any atom is 0.140 e. The van der Waals surface area contributed by atoms with Gasteiger partial charge in [-0.25, -0.2) is 4.98 Å². The Morgan fingerprint density at radius 3 is 2.68 bits per heavy atom. The van der Waals surface area contributed by atoms with Crippen LogP contribution in [0, 0.1) is 0 Å². The van der Waals surface area contributed by atoms with Crippen LogP contribution in [0.15, 0.2) is 48.8 Å². The van der Waals surface area contributed by atoms with Crippen LogP contribution < -0.4 is 0 Å². The van der Waals surface area contributed by atoms with Crippen molar-refractivity contribution in [2.24, 2.45) is 0 Å². The van der Waals surface area contributed by atoms with Gasteiger partial charge < -0.3 is 9.67 Å². The average molecular weight is 273 g/mol. The molecule has 1 aromatic carbocycles. The number of rotatable bonds is 3. The van der Waals surface area contributed by atoms with E-state index in [1.54, 1.807) is 6.20 Å². The maximum atomic E-state index is 9.39. The topological polar surface area (TPSA) is 38.0 Å². The molecule has 0 aliphatic rings. The van der Waals surface area contributed by atoms with Crippen molar-refractivity contribution in [2.75, 3.05) is 0 Å². The van der Waals surface area contributed by atoms with Crippen LogP contribution in [0.3, 0.4) is 0 Å². The molecule has 19 heavy (non-hydrogen) atoms. The van der Waals surface area contributed by atoms with Crippen LogP contribution in [-0.2, 0) is 13.2 Å². The number of pyridine rings is 1. The van der Waals surface area contributed by atoms with Crippen molar-refractivity contribution >= 4 is 22.6 Å². The van der Waals surface area contributed by atoms with Crippen molar-refractivity contribution < 1.29 is 5.11 Å². The first-order valence-electron chi connectivity index (χ1n) is 6.06. The Kier molecular flexibility index (Phi) is 3.23. The Labute approximate surface area is 116 Å². The van der Waals surface area contributed by atoms with Gasteiger partial charge in [-0.1, -0.05) is 23.7 Å². The Bertz CT molecular complexity index is 704. The van der Waals surface area contributed by atoms with Crippen molar-refractivity contribution in [3.05, 3.63) is 64.9 Å². The molecular formula is C15H13ClN2O. The fraction of sp³-hybridized carbons (Fsp3) is 0.133. The average Bonchev–Trinajstić information content (AvgIpc) is 2.80. The van der Waals surface area contributed by atoms with Gasteiger partial charge in [-0.2, -0.15) is 0 Å². The number of hydrogen-bond acceptors (Lipinski definition) is 2. The van der Waals surface area contributed by atoms with Gasteiger partial charge in [0.2, 0.25) is 0 Å². The lowest BCUT2D eigenvalue weighted by atomic mass is 10.2. The fourth-order valence-electron chi connectivity index (χ4n) is 2.23. The number of aliphatic hydroxyl groups is 1. The van der Waals surface area contributed by atoms with Crippen LogP contribution in [0.1, 0.15) is 11.1 Å². The SMILES string of the molecule is OCc1cn(Cc2ccc(Cl)cc2)c2ncccc12. The minimum atomic E-state index is 0.0236. The van der Waals surface area contributed by atoms with E-state index in [1.165, 1.54) is 0 Å². The molecule has 0 bridgehead atoms. The summed E-state index contributed by atoms with van der Waals surface area (Å²) in [5, 5.41) is 11.1. The number of aliphatic hydroxyl groups excluding tert-OH is 1. The number of aromatic nitrogens is 2. The van der Waals surface area contributed by atoms with E-state index >= 15 is 0 Å². The van der Waals surface area contributed by atoms with Gasteiger partial charge in [0.15, 0.2) is 0 Å². The standard InChI is InChI=1S/C15H13ClN2O/c16-13-5-3-11(4-6-13)8-18-9-12(10-19)14-2-1-7-17-15(14)18/h1-7,9,19H,8,10H2. The summed E-state index contributed by atoms with van der Waals surface area (Å²) >= 11 is 5.88. The molecule has 0 saturated carbocycles. The molecule has 96 valence electrons. The molecule has 0 radical (unpaired) electrons. The molecule has 0 amide bonds. The summed E-state index contributed by atoms with van der Waals surface area (Å²) < 4.78 is 2.05. The van der Waals surface area contributed by atoms with Gasteiger partial charge >= 0.3 is 0 Å². The molecule has 4 heteroatoms. The minimum Gasteiger partial charge on any atom is -0.392 e. The van der Waals surface area contributed by atoms with Crippen LogP contribution in [0.5, 0.6) is 0 Å².